The van der Waals surface area contributed by atoms with Crippen LogP contribution in [0.1, 0.15) is 52.0 Å². The summed E-state index contributed by atoms with van der Waals surface area (Å²) >= 11 is 0. The Kier molecular flexibility index (Phi) is 4.86. The van der Waals surface area contributed by atoms with Gasteiger partial charge in [-0.15, -0.1) is 0 Å². The van der Waals surface area contributed by atoms with E-state index in [1.807, 2.05) is 20.8 Å². The van der Waals surface area contributed by atoms with Crippen LogP contribution in [0.5, 0.6) is 5.75 Å². The fourth-order valence-corrected chi connectivity index (χ4v) is 4.04. The summed E-state index contributed by atoms with van der Waals surface area (Å²) in [7, 11) is 0. The maximum atomic E-state index is 12.5. The molecule has 2 bridgehead atoms. The normalized spacial score (nSPS) is 28.3. The van der Waals surface area contributed by atoms with E-state index in [9.17, 15) is 18.7 Å². The number of alkyl halides is 2. The minimum absolute atomic E-state index is 0.0212. The fourth-order valence-electron chi connectivity index (χ4n) is 4.04. The van der Waals surface area contributed by atoms with Crippen molar-refractivity contribution < 1.29 is 28.2 Å². The van der Waals surface area contributed by atoms with Crippen LogP contribution in [0.2, 0.25) is 0 Å². The van der Waals surface area contributed by atoms with Crippen LogP contribution in [0, 0.1) is 0 Å². The molecule has 2 unspecified atom stereocenters. The maximum absolute atomic E-state index is 12.5. The number of ether oxygens (including phenoxy) is 2. The van der Waals surface area contributed by atoms with Gasteiger partial charge in [0, 0.05) is 24.9 Å². The number of piperidine rings is 1. The molecule has 2 aliphatic rings. The van der Waals surface area contributed by atoms with Crippen molar-refractivity contribution in [2.45, 2.75) is 76.4 Å². The van der Waals surface area contributed by atoms with Crippen molar-refractivity contribution in [2.75, 3.05) is 0 Å². The van der Waals surface area contributed by atoms with Gasteiger partial charge >= 0.3 is 12.7 Å². The van der Waals surface area contributed by atoms with E-state index < -0.39 is 17.8 Å². The van der Waals surface area contributed by atoms with Gasteiger partial charge < -0.3 is 19.5 Å². The van der Waals surface area contributed by atoms with Gasteiger partial charge in [-0.1, -0.05) is 12.1 Å². The second kappa shape index (κ2) is 6.68. The van der Waals surface area contributed by atoms with Crippen LogP contribution in [0.3, 0.4) is 0 Å². The van der Waals surface area contributed by atoms with Gasteiger partial charge in [-0.2, -0.15) is 8.78 Å². The molecule has 5 nitrogen and oxygen atoms in total. The van der Waals surface area contributed by atoms with Gasteiger partial charge in [0.2, 0.25) is 0 Å². The van der Waals surface area contributed by atoms with Crippen molar-refractivity contribution in [1.82, 2.24) is 4.90 Å². The SMILES string of the molecule is CC(C)(C)OC(=O)N1C2CCC1CC(O)(c1cccc(OC(F)F)c1)C2. The van der Waals surface area contributed by atoms with E-state index in [1.54, 1.807) is 17.0 Å². The van der Waals surface area contributed by atoms with Gasteiger partial charge in [0.1, 0.15) is 11.4 Å². The fraction of sp³-hybridized carbons (Fsp3) is 0.632. The van der Waals surface area contributed by atoms with E-state index in [2.05, 4.69) is 4.74 Å². The predicted octanol–water partition coefficient (Wildman–Crippen LogP) is 4.04. The summed E-state index contributed by atoms with van der Waals surface area (Å²) in [6.45, 7) is 2.55. The highest BCUT2D eigenvalue weighted by molar-refractivity contribution is 5.69. The summed E-state index contributed by atoms with van der Waals surface area (Å²) < 4.78 is 34.9. The molecule has 0 saturated carbocycles. The molecule has 1 amide bonds. The molecule has 7 heteroatoms. The van der Waals surface area contributed by atoms with Crippen molar-refractivity contribution >= 4 is 6.09 Å². The topological polar surface area (TPSA) is 59.0 Å². The quantitative estimate of drug-likeness (QED) is 0.874. The molecule has 0 aromatic heterocycles. The molecule has 2 atom stereocenters. The number of amides is 1. The van der Waals surface area contributed by atoms with Gasteiger partial charge in [-0.25, -0.2) is 4.79 Å². The maximum Gasteiger partial charge on any atom is 0.410 e. The number of carbonyl (C=O) groups excluding carboxylic acids is 1. The lowest BCUT2D eigenvalue weighted by Crippen LogP contribution is -2.53. The number of carbonyl (C=O) groups is 1. The highest BCUT2D eigenvalue weighted by Gasteiger charge is 2.51. The summed E-state index contributed by atoms with van der Waals surface area (Å²) in [5.41, 5.74) is -1.21. The molecule has 0 aliphatic carbocycles. The van der Waals surface area contributed by atoms with Crippen LogP contribution in [0.15, 0.2) is 24.3 Å². The van der Waals surface area contributed by atoms with E-state index in [-0.39, 0.29) is 23.9 Å². The van der Waals surface area contributed by atoms with E-state index in [1.165, 1.54) is 12.1 Å². The summed E-state index contributed by atoms with van der Waals surface area (Å²) in [6.07, 6.45) is 1.92. The summed E-state index contributed by atoms with van der Waals surface area (Å²) in [5, 5.41) is 11.2. The number of hydrogen-bond donors (Lipinski definition) is 1. The van der Waals surface area contributed by atoms with Gasteiger partial charge in [0.25, 0.3) is 0 Å². The van der Waals surface area contributed by atoms with E-state index >= 15 is 0 Å². The third-order valence-corrected chi connectivity index (χ3v) is 4.97. The predicted molar refractivity (Wildman–Crippen MR) is 91.1 cm³/mol. The van der Waals surface area contributed by atoms with Crippen LogP contribution in [-0.4, -0.2) is 40.4 Å². The van der Waals surface area contributed by atoms with Crippen molar-refractivity contribution in [1.29, 1.82) is 0 Å². The second-order valence-electron chi connectivity index (χ2n) is 8.12. The van der Waals surface area contributed by atoms with Crippen LogP contribution < -0.4 is 4.74 Å². The largest absolute Gasteiger partial charge is 0.444 e. The molecule has 1 aromatic carbocycles. The number of hydrogen-bond acceptors (Lipinski definition) is 4. The van der Waals surface area contributed by atoms with Gasteiger partial charge in [0.05, 0.1) is 5.60 Å². The van der Waals surface area contributed by atoms with E-state index in [4.69, 9.17) is 4.74 Å². The third kappa shape index (κ3) is 3.92. The molecular formula is C19H25F2NO4. The molecule has 2 fully saturated rings. The Morgan fingerprint density at radius 1 is 1.27 bits per heavy atom. The molecule has 0 radical (unpaired) electrons. The Labute approximate surface area is 151 Å². The van der Waals surface area contributed by atoms with Crippen LogP contribution in [0.25, 0.3) is 0 Å². The number of nitrogens with zero attached hydrogens (tertiary/aromatic N) is 1. The average Bonchev–Trinajstić information content (AvgIpc) is 2.78. The van der Waals surface area contributed by atoms with Crippen molar-refractivity contribution in [2.24, 2.45) is 0 Å². The Morgan fingerprint density at radius 2 is 1.88 bits per heavy atom. The first-order chi connectivity index (χ1) is 12.1. The first-order valence-electron chi connectivity index (χ1n) is 8.86. The Morgan fingerprint density at radius 3 is 2.42 bits per heavy atom. The molecular weight excluding hydrogens is 344 g/mol. The average molecular weight is 369 g/mol. The van der Waals surface area contributed by atoms with Crippen LogP contribution in [0.4, 0.5) is 13.6 Å². The molecule has 2 saturated heterocycles. The molecule has 26 heavy (non-hydrogen) atoms. The summed E-state index contributed by atoms with van der Waals surface area (Å²) in [6, 6.07) is 5.92. The molecule has 1 N–H and O–H groups in total. The highest BCUT2D eigenvalue weighted by Crippen LogP contribution is 2.46. The molecule has 2 heterocycles. The van der Waals surface area contributed by atoms with Gasteiger partial charge in [-0.05, 0) is 51.3 Å². The number of halogens is 2. The van der Waals surface area contributed by atoms with Crippen molar-refractivity contribution in [3.8, 4) is 5.75 Å². The minimum atomic E-state index is -2.91. The van der Waals surface area contributed by atoms with E-state index in [0.29, 0.717) is 18.4 Å². The summed E-state index contributed by atoms with van der Waals surface area (Å²) in [5.74, 6) is 0.0212. The van der Waals surface area contributed by atoms with Crippen LogP contribution in [-0.2, 0) is 10.3 Å². The lowest BCUT2D eigenvalue weighted by molar-refractivity contribution is -0.0643. The number of rotatable bonds is 3. The number of benzene rings is 1. The highest BCUT2D eigenvalue weighted by atomic mass is 19.3. The minimum Gasteiger partial charge on any atom is -0.444 e. The first-order valence-corrected chi connectivity index (χ1v) is 8.86. The smallest absolute Gasteiger partial charge is 0.410 e. The van der Waals surface area contributed by atoms with E-state index in [0.717, 1.165) is 12.8 Å². The summed E-state index contributed by atoms with van der Waals surface area (Å²) in [4.78, 5) is 14.3. The zero-order valence-corrected chi connectivity index (χ0v) is 15.2. The Bertz CT molecular complexity index is 660. The van der Waals surface area contributed by atoms with Crippen molar-refractivity contribution in [3.05, 3.63) is 29.8 Å². The Hall–Kier alpha value is -1.89. The van der Waals surface area contributed by atoms with Crippen LogP contribution >= 0.6 is 0 Å². The molecule has 0 spiro atoms. The zero-order valence-electron chi connectivity index (χ0n) is 15.2. The monoisotopic (exact) mass is 369 g/mol. The van der Waals surface area contributed by atoms with Gasteiger partial charge in [-0.3, -0.25) is 0 Å². The molecule has 3 rings (SSSR count). The first kappa shape index (κ1) is 18.9. The van der Waals surface area contributed by atoms with Gasteiger partial charge in [0.15, 0.2) is 0 Å². The standard InChI is InChI=1S/C19H25F2NO4/c1-18(2,3)26-17(23)22-13-7-8-14(22)11-19(24,10-13)12-5-4-6-15(9-12)25-16(20)21/h4-6,9,13-14,16,24H,7-8,10-11H2,1-3H3. The Balaban J connectivity index is 1.78. The zero-order chi connectivity index (χ0) is 19.1. The molecule has 144 valence electrons. The second-order valence-corrected chi connectivity index (χ2v) is 8.12. The lowest BCUT2D eigenvalue weighted by Gasteiger charge is -2.44. The van der Waals surface area contributed by atoms with Crippen molar-refractivity contribution in [3.63, 3.8) is 0 Å². The lowest BCUT2D eigenvalue weighted by atomic mass is 9.80. The molecule has 2 aliphatic heterocycles. The third-order valence-electron chi connectivity index (χ3n) is 4.97. The number of fused-ring (bicyclic) bond motifs is 2. The number of aliphatic hydroxyl groups is 1. The molecule has 1 aromatic rings.